The number of rotatable bonds is 23. The molecule has 0 aliphatic heterocycles. The molecule has 0 aliphatic carbocycles. The smallest absolute Gasteiger partial charge is 0.0622 e. The van der Waals surface area contributed by atoms with E-state index in [0.29, 0.717) is 0 Å². The summed E-state index contributed by atoms with van der Waals surface area (Å²) in [5.41, 5.74) is 0. The second-order valence-corrected chi connectivity index (χ2v) is 35.0. The third kappa shape index (κ3) is 17.1. The second kappa shape index (κ2) is 30.3. The Kier molecular flexibility index (Phi) is 23.7. The van der Waals surface area contributed by atoms with E-state index in [1.165, 1.54) is 82.8 Å². The first-order chi connectivity index (χ1) is 33.2. The molecule has 0 saturated heterocycles. The minimum absolute atomic E-state index is 0.226. The fourth-order valence-electron chi connectivity index (χ4n) is 8.96. The molecule has 8 aromatic rings. The van der Waals surface area contributed by atoms with Gasteiger partial charge in [-0.1, -0.05) is 194 Å². The summed E-state index contributed by atoms with van der Waals surface area (Å²) >= 11 is -0.226. The first-order valence-electron chi connectivity index (χ1n) is 23.4. The van der Waals surface area contributed by atoms with E-state index in [0.717, 1.165) is 0 Å². The zero-order chi connectivity index (χ0) is 46.1. The van der Waals surface area contributed by atoms with Gasteiger partial charge in [0.15, 0.2) is 0 Å². The largest absolute Gasteiger partial charge is 0.0999 e. The Morgan fingerprint density at radius 3 is 0.687 bits per heavy atom. The van der Waals surface area contributed by atoms with Gasteiger partial charge in [0.1, 0.15) is 0 Å². The summed E-state index contributed by atoms with van der Waals surface area (Å²) in [6.07, 6.45) is 13.7. The van der Waals surface area contributed by atoms with Gasteiger partial charge in [-0.3, -0.25) is 0 Å². The van der Waals surface area contributed by atoms with Crippen molar-refractivity contribution in [3.63, 3.8) is 0 Å². The van der Waals surface area contributed by atoms with E-state index in [2.05, 4.69) is 243 Å². The summed E-state index contributed by atoms with van der Waals surface area (Å²) in [5.74, 6) is 0. The molecule has 0 bridgehead atoms. The Hall–Kier alpha value is -2.46. The molecule has 0 saturated carbocycles. The maximum Gasteiger partial charge on any atom is 0.0999 e. The van der Waals surface area contributed by atoms with Crippen molar-refractivity contribution in [2.45, 2.75) is 0 Å². The fraction of sp³-hybridized carbons (Fsp3) is 0.172. The zero-order valence-corrected chi connectivity index (χ0v) is 47.1. The summed E-state index contributed by atoms with van der Waals surface area (Å²) in [4.78, 5) is 0. The molecule has 2 atom stereocenters. The van der Waals surface area contributed by atoms with Crippen molar-refractivity contribution in [2.24, 2.45) is 0 Å². The summed E-state index contributed by atoms with van der Waals surface area (Å²) < 4.78 is 0. The van der Waals surface area contributed by atoms with Gasteiger partial charge in [-0.25, -0.2) is 0 Å². The van der Waals surface area contributed by atoms with Crippen molar-refractivity contribution in [2.75, 3.05) is 61.6 Å². The van der Waals surface area contributed by atoms with E-state index in [1.807, 2.05) is 0 Å². The predicted octanol–water partition coefficient (Wildman–Crippen LogP) is 12.8. The Morgan fingerprint density at radius 1 is 0.269 bits per heavy atom. The molecule has 67 heavy (non-hydrogen) atoms. The van der Waals surface area contributed by atoms with Crippen LogP contribution in [0.2, 0.25) is 0 Å². The van der Waals surface area contributed by atoms with E-state index in [-0.39, 0.29) is 15.1 Å². The molecule has 0 fully saturated rings. The van der Waals surface area contributed by atoms with Crippen LogP contribution < -0.4 is 42.4 Å². The van der Waals surface area contributed by atoms with Crippen LogP contribution in [0, 0.1) is 0 Å². The molecule has 9 heteroatoms. The van der Waals surface area contributed by atoms with Gasteiger partial charge in [0.2, 0.25) is 0 Å². The van der Waals surface area contributed by atoms with Gasteiger partial charge in [0.05, 0.1) is 86.4 Å². The van der Waals surface area contributed by atoms with E-state index in [1.54, 1.807) is 21.2 Å². The summed E-state index contributed by atoms with van der Waals surface area (Å²) in [6, 6.07) is 92.1. The first-order valence-corrected chi connectivity index (χ1v) is 38.3. The van der Waals surface area contributed by atoms with Crippen LogP contribution in [0.3, 0.4) is 0 Å². The number of hydrogen-bond acceptors (Lipinski definition) is 0. The second-order valence-electron chi connectivity index (χ2n) is 16.6. The molecule has 0 aliphatic rings. The molecule has 0 radical (unpaired) electrons. The summed E-state index contributed by atoms with van der Waals surface area (Å²) in [6.45, 7) is 0. The molecule has 0 aromatic heterocycles. The van der Waals surface area contributed by atoms with Crippen LogP contribution in [0.15, 0.2) is 243 Å². The Balaban J connectivity index is 0.00000216. The normalized spacial score (nSPS) is 12.3. The molecule has 0 spiro atoms. The molecule has 0 N–H and O–H groups in total. The van der Waals surface area contributed by atoms with Crippen LogP contribution in [0.1, 0.15) is 0 Å². The van der Waals surface area contributed by atoms with Crippen LogP contribution in [0.5, 0.6) is 0 Å². The van der Waals surface area contributed by atoms with E-state index in [9.17, 15) is 0 Å². The van der Waals surface area contributed by atoms with Crippen LogP contribution in [-0.2, 0) is 15.1 Å². The average molecular weight is 1120 g/mol. The van der Waals surface area contributed by atoms with Gasteiger partial charge in [-0.2, -0.15) is 0 Å². The van der Waals surface area contributed by atoms with Gasteiger partial charge in [-0.15, -0.1) is 0 Å². The van der Waals surface area contributed by atoms with Crippen molar-refractivity contribution in [3.05, 3.63) is 243 Å². The Labute approximate surface area is 425 Å². The molecule has 2 unspecified atom stereocenters. The van der Waals surface area contributed by atoms with E-state index < -0.39 is 47.5 Å². The number of benzene rings is 8. The molecule has 344 valence electrons. The number of halogens is 2. The van der Waals surface area contributed by atoms with E-state index >= 15 is 0 Å². The predicted molar refractivity (Wildman–Crippen MR) is 316 cm³/mol. The molecule has 0 heterocycles. The quantitative estimate of drug-likeness (QED) is 0.0442. The Morgan fingerprint density at radius 2 is 0.463 bits per heavy atom. The minimum atomic E-state index is -0.892. The van der Waals surface area contributed by atoms with Crippen molar-refractivity contribution < 1.29 is 15.1 Å². The van der Waals surface area contributed by atoms with Crippen LogP contribution >= 0.6 is 66.9 Å². The Bertz CT molecular complexity index is 1990. The van der Waals surface area contributed by atoms with Crippen molar-refractivity contribution in [1.29, 1.82) is 0 Å². The fourth-order valence-corrected chi connectivity index (χ4v) is 30.4. The molecular weight excluding hydrogens is 1060 g/mol. The van der Waals surface area contributed by atoms with Crippen molar-refractivity contribution in [3.8, 4) is 0 Å². The van der Waals surface area contributed by atoms with Crippen molar-refractivity contribution >= 4 is 109 Å². The maximum absolute atomic E-state index is 4.83. The SMILES string of the molecule is [Cl][Rh+][Cl].c1ccc(P(CC[PH+](CC[PH+](CCP(c2ccccc2)c2ccccc2)CC[PH+](c2ccccc2)c2ccccc2)CC[PH+](c2ccccc2)c2ccccc2)c2ccccc2)cc1. The first kappa shape index (κ1) is 52.4. The topological polar surface area (TPSA) is 0 Å². The molecule has 8 aromatic carbocycles. The van der Waals surface area contributed by atoms with E-state index in [4.69, 9.17) is 19.4 Å². The maximum atomic E-state index is 4.83. The van der Waals surface area contributed by atoms with Gasteiger partial charge >= 0.3 is 34.5 Å². The zero-order valence-electron chi connectivity index (χ0n) is 38.1. The standard InChI is InChI=1S/C58H60P6.2ClH.Rh/c1-9-25-51(26-10-1)61(52-27-11-2-12-28-52)47-43-59(44-48-62(53-29-13-3-14-30-53)54-31-15-4-16-32-54)41-42-60(45-49-63(55-33-17-5-18-34-55)56-35-19-6-20-36-56)46-50-64(57-37-21-7-22-38-57)58-39-23-8-24-40-58;;;/h1-40H,41-50H2;2*1H;/q;;;+3/p+2. The van der Waals surface area contributed by atoms with Gasteiger partial charge in [-0.05, 0) is 85.6 Å². The van der Waals surface area contributed by atoms with Gasteiger partial charge in [0.25, 0.3) is 0 Å². The van der Waals surface area contributed by atoms with Crippen LogP contribution in [0.25, 0.3) is 0 Å². The van der Waals surface area contributed by atoms with Gasteiger partial charge < -0.3 is 0 Å². The molecule has 8 rings (SSSR count). The molecular formula is C58H64Cl2P6Rh+5. The number of hydrogen-bond donors (Lipinski definition) is 0. The van der Waals surface area contributed by atoms with Crippen LogP contribution in [-0.4, -0.2) is 61.6 Å². The minimum Gasteiger partial charge on any atom is -0.0622 e. The van der Waals surface area contributed by atoms with Gasteiger partial charge in [0, 0.05) is 28.2 Å². The monoisotopic (exact) mass is 1120 g/mol. The summed E-state index contributed by atoms with van der Waals surface area (Å²) in [7, 11) is 5.75. The third-order valence-electron chi connectivity index (χ3n) is 12.4. The van der Waals surface area contributed by atoms with Crippen LogP contribution in [0.4, 0.5) is 0 Å². The molecule has 0 nitrogen and oxygen atoms in total. The third-order valence-corrected chi connectivity index (χ3v) is 31.2. The van der Waals surface area contributed by atoms with Crippen molar-refractivity contribution in [1.82, 2.24) is 0 Å². The average Bonchev–Trinajstić information content (AvgIpc) is 3.40. The summed E-state index contributed by atoms with van der Waals surface area (Å²) in [5, 5.41) is 12.4. The molecule has 0 amide bonds.